The molecule has 33 heavy (non-hydrogen) atoms. The molecular weight excluding hydrogens is 416 g/mol. The fourth-order valence-corrected chi connectivity index (χ4v) is 3.41. The number of hydrogen-bond donors (Lipinski definition) is 0. The molecule has 6 heteroatoms. The molecule has 0 aliphatic heterocycles. The molecule has 3 aromatic carbocycles. The first-order valence-corrected chi connectivity index (χ1v) is 11.1. The van der Waals surface area contributed by atoms with Crippen molar-refractivity contribution in [1.29, 1.82) is 0 Å². The van der Waals surface area contributed by atoms with Crippen LogP contribution in [0.1, 0.15) is 19.4 Å². The second-order valence-electron chi connectivity index (χ2n) is 7.88. The Hall–Kier alpha value is -3.80. The van der Waals surface area contributed by atoms with Crippen molar-refractivity contribution in [2.45, 2.75) is 26.4 Å². The number of carbonyl (C=O) groups excluding carboxylic acids is 1. The standard InChI is InChI=1S/C27H28N2O4/c1-20(30)21(2)32-24-12-8-9-22(19-24)15-16-29(17-18-31-23-10-4-3-5-11-23)27-28-25-13-6-7-14-26(25)33-27/h3-14,19,21H,15-18H2,1-2H3. The smallest absolute Gasteiger partial charge is 0.298 e. The molecule has 0 spiro atoms. The molecule has 0 bridgehead atoms. The van der Waals surface area contributed by atoms with E-state index in [4.69, 9.17) is 13.9 Å². The van der Waals surface area contributed by atoms with Crippen molar-refractivity contribution in [3.63, 3.8) is 0 Å². The van der Waals surface area contributed by atoms with Gasteiger partial charge < -0.3 is 18.8 Å². The van der Waals surface area contributed by atoms with Crippen LogP contribution in [0.4, 0.5) is 6.01 Å². The van der Waals surface area contributed by atoms with E-state index in [0.29, 0.717) is 31.5 Å². The number of Topliss-reactive ketones (excluding diaryl/α,β-unsaturated/α-hetero) is 1. The average Bonchev–Trinajstić information content (AvgIpc) is 3.26. The topological polar surface area (TPSA) is 64.8 Å². The first-order valence-electron chi connectivity index (χ1n) is 11.1. The van der Waals surface area contributed by atoms with Crippen LogP contribution >= 0.6 is 0 Å². The van der Waals surface area contributed by atoms with E-state index in [9.17, 15) is 4.79 Å². The Balaban J connectivity index is 1.45. The Bertz CT molecular complexity index is 1160. The highest BCUT2D eigenvalue weighted by Crippen LogP contribution is 2.23. The van der Waals surface area contributed by atoms with Gasteiger partial charge in [-0.1, -0.05) is 42.5 Å². The first kappa shape index (κ1) is 22.4. The number of para-hydroxylation sites is 3. The zero-order valence-corrected chi connectivity index (χ0v) is 18.9. The zero-order valence-electron chi connectivity index (χ0n) is 18.9. The summed E-state index contributed by atoms with van der Waals surface area (Å²) in [7, 11) is 0. The molecule has 1 atom stereocenters. The van der Waals surface area contributed by atoms with Gasteiger partial charge in [-0.3, -0.25) is 4.79 Å². The van der Waals surface area contributed by atoms with Gasteiger partial charge >= 0.3 is 0 Å². The van der Waals surface area contributed by atoms with E-state index >= 15 is 0 Å². The monoisotopic (exact) mass is 444 g/mol. The molecule has 1 heterocycles. The van der Waals surface area contributed by atoms with Gasteiger partial charge in [0.2, 0.25) is 0 Å². The van der Waals surface area contributed by atoms with Gasteiger partial charge in [-0.25, -0.2) is 0 Å². The van der Waals surface area contributed by atoms with Crippen molar-refractivity contribution in [1.82, 2.24) is 4.98 Å². The minimum Gasteiger partial charge on any atom is -0.492 e. The maximum absolute atomic E-state index is 11.5. The van der Waals surface area contributed by atoms with Crippen LogP contribution in [0.3, 0.4) is 0 Å². The van der Waals surface area contributed by atoms with Crippen molar-refractivity contribution in [2.24, 2.45) is 0 Å². The van der Waals surface area contributed by atoms with E-state index in [1.807, 2.05) is 72.8 Å². The Morgan fingerprint density at radius 1 is 0.970 bits per heavy atom. The molecule has 0 fully saturated rings. The number of anilines is 1. The van der Waals surface area contributed by atoms with Crippen LogP contribution in [-0.4, -0.2) is 36.6 Å². The minimum absolute atomic E-state index is 0.000884. The molecule has 0 aliphatic carbocycles. The van der Waals surface area contributed by atoms with Gasteiger partial charge in [0.15, 0.2) is 17.5 Å². The summed E-state index contributed by atoms with van der Waals surface area (Å²) in [4.78, 5) is 18.3. The van der Waals surface area contributed by atoms with Gasteiger partial charge in [-0.05, 0) is 62.2 Å². The van der Waals surface area contributed by atoms with Crippen molar-refractivity contribution in [3.05, 3.63) is 84.4 Å². The number of ketones is 1. The number of aromatic nitrogens is 1. The molecule has 0 N–H and O–H groups in total. The molecular formula is C27H28N2O4. The number of fused-ring (bicyclic) bond motifs is 1. The van der Waals surface area contributed by atoms with Crippen molar-refractivity contribution < 1.29 is 18.7 Å². The number of benzene rings is 3. The van der Waals surface area contributed by atoms with E-state index < -0.39 is 6.10 Å². The van der Waals surface area contributed by atoms with Crippen molar-refractivity contribution in [3.8, 4) is 11.5 Å². The molecule has 0 amide bonds. The van der Waals surface area contributed by atoms with Crippen LogP contribution in [0.2, 0.25) is 0 Å². The van der Waals surface area contributed by atoms with Crippen molar-refractivity contribution in [2.75, 3.05) is 24.6 Å². The van der Waals surface area contributed by atoms with Gasteiger partial charge in [0.25, 0.3) is 6.01 Å². The van der Waals surface area contributed by atoms with Crippen LogP contribution in [0.5, 0.6) is 11.5 Å². The van der Waals surface area contributed by atoms with Gasteiger partial charge in [0, 0.05) is 6.54 Å². The third kappa shape index (κ3) is 6.13. The van der Waals surface area contributed by atoms with Gasteiger partial charge in [-0.2, -0.15) is 4.98 Å². The molecule has 1 unspecified atom stereocenters. The van der Waals surface area contributed by atoms with E-state index in [-0.39, 0.29) is 5.78 Å². The summed E-state index contributed by atoms with van der Waals surface area (Å²) in [5.74, 6) is 1.52. The molecule has 0 aliphatic rings. The highest BCUT2D eigenvalue weighted by molar-refractivity contribution is 5.80. The summed E-state index contributed by atoms with van der Waals surface area (Å²) in [5.41, 5.74) is 2.69. The van der Waals surface area contributed by atoms with Crippen LogP contribution in [0.25, 0.3) is 11.1 Å². The molecule has 6 nitrogen and oxygen atoms in total. The average molecular weight is 445 g/mol. The Morgan fingerprint density at radius 2 is 1.73 bits per heavy atom. The van der Waals surface area contributed by atoms with E-state index in [1.165, 1.54) is 6.92 Å². The highest BCUT2D eigenvalue weighted by atomic mass is 16.5. The SMILES string of the molecule is CC(=O)C(C)Oc1cccc(CCN(CCOc2ccccc2)c2nc3ccccc3o2)c1. The van der Waals surface area contributed by atoms with E-state index in [0.717, 1.165) is 28.8 Å². The molecule has 0 saturated carbocycles. The lowest BCUT2D eigenvalue weighted by Gasteiger charge is -2.21. The molecule has 1 aromatic heterocycles. The third-order valence-corrected chi connectivity index (χ3v) is 5.38. The predicted molar refractivity (Wildman–Crippen MR) is 129 cm³/mol. The number of hydrogen-bond acceptors (Lipinski definition) is 6. The lowest BCUT2D eigenvalue weighted by molar-refractivity contribution is -0.122. The normalized spacial score (nSPS) is 11.8. The van der Waals surface area contributed by atoms with Crippen LogP contribution in [-0.2, 0) is 11.2 Å². The molecule has 4 rings (SSSR count). The number of ether oxygens (including phenoxy) is 2. The second-order valence-corrected chi connectivity index (χ2v) is 7.88. The number of carbonyl (C=O) groups is 1. The Kier molecular flexibility index (Phi) is 7.25. The number of rotatable bonds is 11. The number of nitrogens with zero attached hydrogens (tertiary/aromatic N) is 2. The van der Waals surface area contributed by atoms with Crippen LogP contribution in [0.15, 0.2) is 83.3 Å². The van der Waals surface area contributed by atoms with Crippen LogP contribution in [0, 0.1) is 0 Å². The van der Waals surface area contributed by atoms with Gasteiger partial charge in [-0.15, -0.1) is 0 Å². The quantitative estimate of drug-likeness (QED) is 0.312. The molecule has 0 radical (unpaired) electrons. The fourth-order valence-electron chi connectivity index (χ4n) is 3.41. The summed E-state index contributed by atoms with van der Waals surface area (Å²) >= 11 is 0. The summed E-state index contributed by atoms with van der Waals surface area (Å²) in [6.07, 6.45) is 0.294. The minimum atomic E-state index is -0.466. The molecule has 0 saturated heterocycles. The van der Waals surface area contributed by atoms with Crippen molar-refractivity contribution >= 4 is 22.9 Å². The highest BCUT2D eigenvalue weighted by Gasteiger charge is 2.15. The predicted octanol–water partition coefficient (Wildman–Crippen LogP) is 5.31. The summed E-state index contributed by atoms with van der Waals surface area (Å²) < 4.78 is 17.7. The third-order valence-electron chi connectivity index (χ3n) is 5.38. The Morgan fingerprint density at radius 3 is 2.52 bits per heavy atom. The maximum atomic E-state index is 11.5. The number of oxazole rings is 1. The summed E-state index contributed by atoms with van der Waals surface area (Å²) in [6, 6.07) is 25.9. The van der Waals surface area contributed by atoms with Crippen LogP contribution < -0.4 is 14.4 Å². The maximum Gasteiger partial charge on any atom is 0.298 e. The lowest BCUT2D eigenvalue weighted by atomic mass is 10.1. The lowest BCUT2D eigenvalue weighted by Crippen LogP contribution is -2.30. The van der Waals surface area contributed by atoms with E-state index in [1.54, 1.807) is 6.92 Å². The largest absolute Gasteiger partial charge is 0.492 e. The molecule has 170 valence electrons. The van der Waals surface area contributed by atoms with Gasteiger partial charge in [0.05, 0.1) is 6.54 Å². The summed E-state index contributed by atoms with van der Waals surface area (Å²) in [6.45, 7) is 5.11. The fraction of sp³-hybridized carbons (Fsp3) is 0.259. The Labute approximate surface area is 193 Å². The zero-order chi connectivity index (χ0) is 23.0. The molecule has 4 aromatic rings. The summed E-state index contributed by atoms with van der Waals surface area (Å²) in [5, 5.41) is 0. The second kappa shape index (κ2) is 10.7. The van der Waals surface area contributed by atoms with Gasteiger partial charge in [0.1, 0.15) is 23.6 Å². The van der Waals surface area contributed by atoms with E-state index in [2.05, 4.69) is 16.0 Å². The first-order chi connectivity index (χ1) is 16.1.